The Morgan fingerprint density at radius 2 is 2.09 bits per heavy atom. The third-order valence-electron chi connectivity index (χ3n) is 2.82. The molecule has 5 nitrogen and oxygen atoms in total. The number of benzene rings is 1. The number of aromatic nitrogens is 2. The Morgan fingerprint density at radius 3 is 2.77 bits per heavy atom. The number of nitrogens with one attached hydrogen (secondary N) is 1. The molecule has 0 aliphatic carbocycles. The van der Waals surface area contributed by atoms with E-state index in [1.165, 1.54) is 11.5 Å². The second kappa shape index (κ2) is 6.67. The molecule has 0 saturated heterocycles. The van der Waals surface area contributed by atoms with E-state index in [1.807, 2.05) is 24.4 Å². The molecule has 0 atom stereocenters. The van der Waals surface area contributed by atoms with Gasteiger partial charge in [-0.1, -0.05) is 6.07 Å². The van der Waals surface area contributed by atoms with E-state index in [1.54, 1.807) is 35.6 Å². The number of carbonyl (C=O) groups excluding carboxylic acids is 1. The molecule has 22 heavy (non-hydrogen) atoms. The zero-order valence-corrected chi connectivity index (χ0v) is 13.4. The highest BCUT2D eigenvalue weighted by atomic mass is 32.1. The largest absolute Gasteiger partial charge is 0.494 e. The highest BCUT2D eigenvalue weighted by molar-refractivity contribution is 7.14. The number of rotatable bonds is 5. The van der Waals surface area contributed by atoms with Gasteiger partial charge in [-0.3, -0.25) is 10.1 Å². The van der Waals surface area contributed by atoms with Crippen LogP contribution in [0.5, 0.6) is 5.75 Å². The SMILES string of the molecule is CCOc1ccc(C(=O)Nc2nc(-c3cccs3)ns2)cc1. The van der Waals surface area contributed by atoms with Crippen molar-refractivity contribution >= 4 is 33.9 Å². The molecule has 0 aliphatic rings. The smallest absolute Gasteiger partial charge is 0.257 e. The first-order chi connectivity index (χ1) is 10.8. The standard InChI is InChI=1S/C15H13N3O2S2/c1-2-20-11-7-5-10(6-8-11)14(19)17-15-16-13(18-22-15)12-4-3-9-21-12/h3-9H,2H2,1H3,(H,16,17,18,19). The summed E-state index contributed by atoms with van der Waals surface area (Å²) in [6.07, 6.45) is 0. The van der Waals surface area contributed by atoms with Crippen LogP contribution in [0.25, 0.3) is 10.7 Å². The molecule has 112 valence electrons. The summed E-state index contributed by atoms with van der Waals surface area (Å²) < 4.78 is 9.60. The molecule has 1 aromatic carbocycles. The number of nitrogens with zero attached hydrogens (tertiary/aromatic N) is 2. The van der Waals surface area contributed by atoms with Crippen molar-refractivity contribution in [1.82, 2.24) is 9.36 Å². The van der Waals surface area contributed by atoms with Crippen LogP contribution in [-0.2, 0) is 0 Å². The fourth-order valence-corrected chi connectivity index (χ4v) is 3.11. The van der Waals surface area contributed by atoms with Crippen LogP contribution < -0.4 is 10.1 Å². The molecule has 0 saturated carbocycles. The van der Waals surface area contributed by atoms with Crippen molar-refractivity contribution in [2.45, 2.75) is 6.92 Å². The normalized spacial score (nSPS) is 10.4. The lowest BCUT2D eigenvalue weighted by Crippen LogP contribution is -2.11. The highest BCUT2D eigenvalue weighted by Crippen LogP contribution is 2.25. The van der Waals surface area contributed by atoms with Crippen molar-refractivity contribution in [1.29, 1.82) is 0 Å². The summed E-state index contributed by atoms with van der Waals surface area (Å²) in [5.74, 6) is 1.17. The average molecular weight is 331 g/mol. The molecule has 0 unspecified atom stereocenters. The minimum Gasteiger partial charge on any atom is -0.494 e. The van der Waals surface area contributed by atoms with Crippen LogP contribution in [0.2, 0.25) is 0 Å². The zero-order chi connectivity index (χ0) is 15.4. The maximum Gasteiger partial charge on any atom is 0.257 e. The molecule has 0 bridgehead atoms. The van der Waals surface area contributed by atoms with E-state index in [0.29, 0.717) is 23.1 Å². The molecule has 0 spiro atoms. The summed E-state index contributed by atoms with van der Waals surface area (Å²) >= 11 is 2.74. The minimum absolute atomic E-state index is 0.211. The Labute approximate surface area is 135 Å². The van der Waals surface area contributed by atoms with Crippen molar-refractivity contribution in [2.24, 2.45) is 0 Å². The fourth-order valence-electron chi connectivity index (χ4n) is 1.82. The van der Waals surface area contributed by atoms with Gasteiger partial charge in [0, 0.05) is 17.1 Å². The topological polar surface area (TPSA) is 64.1 Å². The third kappa shape index (κ3) is 3.32. The average Bonchev–Trinajstić information content (AvgIpc) is 3.19. The first-order valence-corrected chi connectivity index (χ1v) is 8.33. The van der Waals surface area contributed by atoms with Crippen LogP contribution in [0.4, 0.5) is 5.13 Å². The summed E-state index contributed by atoms with van der Waals surface area (Å²) in [6.45, 7) is 2.52. The molecular weight excluding hydrogens is 318 g/mol. The van der Waals surface area contributed by atoms with Crippen LogP contribution in [-0.4, -0.2) is 21.9 Å². The van der Waals surface area contributed by atoms with Crippen molar-refractivity contribution in [2.75, 3.05) is 11.9 Å². The molecule has 3 rings (SSSR count). The van der Waals surface area contributed by atoms with Gasteiger partial charge in [0.1, 0.15) is 5.75 Å². The Kier molecular flexibility index (Phi) is 4.45. The van der Waals surface area contributed by atoms with E-state index < -0.39 is 0 Å². The van der Waals surface area contributed by atoms with Gasteiger partial charge < -0.3 is 4.74 Å². The molecule has 0 radical (unpaired) electrons. The minimum atomic E-state index is -0.211. The molecule has 3 aromatic rings. The first-order valence-electron chi connectivity index (χ1n) is 6.68. The van der Waals surface area contributed by atoms with E-state index in [4.69, 9.17) is 4.74 Å². The molecule has 1 amide bonds. The molecular formula is C15H13N3O2S2. The predicted octanol–water partition coefficient (Wildman–Crippen LogP) is 3.92. The van der Waals surface area contributed by atoms with Gasteiger partial charge in [-0.25, -0.2) is 0 Å². The van der Waals surface area contributed by atoms with Gasteiger partial charge in [0.25, 0.3) is 5.91 Å². The van der Waals surface area contributed by atoms with E-state index in [9.17, 15) is 4.79 Å². The fraction of sp³-hybridized carbons (Fsp3) is 0.133. The molecule has 7 heteroatoms. The molecule has 2 heterocycles. The Balaban J connectivity index is 1.69. The highest BCUT2D eigenvalue weighted by Gasteiger charge is 2.11. The second-order valence-electron chi connectivity index (χ2n) is 4.31. The molecule has 2 aromatic heterocycles. The summed E-state index contributed by atoms with van der Waals surface area (Å²) in [7, 11) is 0. The van der Waals surface area contributed by atoms with E-state index in [0.717, 1.165) is 10.6 Å². The van der Waals surface area contributed by atoms with Gasteiger partial charge in [-0.05, 0) is 42.6 Å². The number of hydrogen-bond donors (Lipinski definition) is 1. The maximum atomic E-state index is 12.2. The summed E-state index contributed by atoms with van der Waals surface area (Å²) in [4.78, 5) is 17.5. The maximum absolute atomic E-state index is 12.2. The van der Waals surface area contributed by atoms with Gasteiger partial charge in [-0.15, -0.1) is 11.3 Å². The van der Waals surface area contributed by atoms with E-state index in [2.05, 4.69) is 14.7 Å². The number of carbonyl (C=O) groups is 1. The van der Waals surface area contributed by atoms with Crippen LogP contribution in [0.15, 0.2) is 41.8 Å². The van der Waals surface area contributed by atoms with Gasteiger partial charge in [0.2, 0.25) is 5.13 Å². The number of hydrogen-bond acceptors (Lipinski definition) is 6. The Bertz CT molecular complexity index is 751. The lowest BCUT2D eigenvalue weighted by Gasteiger charge is -2.04. The number of anilines is 1. The number of thiophene rings is 1. The predicted molar refractivity (Wildman–Crippen MR) is 88.8 cm³/mol. The first kappa shape index (κ1) is 14.7. The summed E-state index contributed by atoms with van der Waals surface area (Å²) in [5.41, 5.74) is 0.552. The van der Waals surface area contributed by atoms with Crippen LogP contribution in [0.3, 0.4) is 0 Å². The van der Waals surface area contributed by atoms with Crippen LogP contribution >= 0.6 is 22.9 Å². The summed E-state index contributed by atoms with van der Waals surface area (Å²) in [5, 5.41) is 5.22. The van der Waals surface area contributed by atoms with Gasteiger partial charge in [0.05, 0.1) is 11.5 Å². The lowest BCUT2D eigenvalue weighted by molar-refractivity contribution is 0.102. The van der Waals surface area contributed by atoms with Crippen molar-refractivity contribution in [3.05, 3.63) is 47.3 Å². The van der Waals surface area contributed by atoms with Crippen LogP contribution in [0.1, 0.15) is 17.3 Å². The molecule has 0 aliphatic heterocycles. The Hall–Kier alpha value is -2.25. The van der Waals surface area contributed by atoms with Gasteiger partial charge >= 0.3 is 0 Å². The summed E-state index contributed by atoms with van der Waals surface area (Å²) in [6, 6.07) is 10.9. The van der Waals surface area contributed by atoms with Gasteiger partial charge in [-0.2, -0.15) is 9.36 Å². The third-order valence-corrected chi connectivity index (χ3v) is 4.31. The van der Waals surface area contributed by atoms with E-state index in [-0.39, 0.29) is 5.91 Å². The monoisotopic (exact) mass is 331 g/mol. The molecule has 0 fully saturated rings. The zero-order valence-electron chi connectivity index (χ0n) is 11.8. The van der Waals surface area contributed by atoms with Gasteiger partial charge in [0.15, 0.2) is 5.82 Å². The van der Waals surface area contributed by atoms with Crippen LogP contribution in [0, 0.1) is 0 Å². The lowest BCUT2D eigenvalue weighted by atomic mass is 10.2. The Morgan fingerprint density at radius 1 is 1.27 bits per heavy atom. The number of ether oxygens (including phenoxy) is 1. The van der Waals surface area contributed by atoms with Crippen molar-refractivity contribution < 1.29 is 9.53 Å². The molecule has 1 N–H and O–H groups in total. The van der Waals surface area contributed by atoms with E-state index >= 15 is 0 Å². The quantitative estimate of drug-likeness (QED) is 0.769. The van der Waals surface area contributed by atoms with Crippen molar-refractivity contribution in [3.63, 3.8) is 0 Å². The van der Waals surface area contributed by atoms with Crippen molar-refractivity contribution in [3.8, 4) is 16.5 Å². The second-order valence-corrected chi connectivity index (χ2v) is 6.01. The number of amides is 1.